The number of anilines is 2. The lowest BCUT2D eigenvalue weighted by Gasteiger charge is -2.29. The molecule has 0 radical (unpaired) electrons. The van der Waals surface area contributed by atoms with Crippen LogP contribution in [-0.2, 0) is 11.3 Å². The highest BCUT2D eigenvalue weighted by Crippen LogP contribution is 2.36. The van der Waals surface area contributed by atoms with Gasteiger partial charge in [-0.2, -0.15) is 0 Å². The summed E-state index contributed by atoms with van der Waals surface area (Å²) < 4.78 is 0. The molecule has 172 valence electrons. The van der Waals surface area contributed by atoms with Crippen molar-refractivity contribution in [1.29, 1.82) is 0 Å². The molecule has 1 unspecified atom stereocenters. The van der Waals surface area contributed by atoms with Crippen LogP contribution in [0, 0.1) is 0 Å². The van der Waals surface area contributed by atoms with Gasteiger partial charge < -0.3 is 10.2 Å². The van der Waals surface area contributed by atoms with Crippen LogP contribution in [0.4, 0.5) is 16.2 Å². The smallest absolute Gasteiger partial charge is 0.327 e. The minimum Gasteiger partial charge on any atom is -0.337 e. The largest absolute Gasteiger partial charge is 0.337 e. The van der Waals surface area contributed by atoms with Crippen molar-refractivity contribution in [3.8, 4) is 0 Å². The molecule has 5 nitrogen and oxygen atoms in total. The zero-order chi connectivity index (χ0) is 23.5. The van der Waals surface area contributed by atoms with Crippen LogP contribution >= 0.6 is 11.6 Å². The molecule has 5 rings (SSSR count). The predicted octanol–water partition coefficient (Wildman–Crippen LogP) is 6.25. The number of fused-ring (bicyclic) bond motifs is 2. The fourth-order valence-electron chi connectivity index (χ4n) is 4.61. The van der Waals surface area contributed by atoms with Crippen LogP contribution in [0.15, 0.2) is 72.8 Å². The molecule has 6 heteroatoms. The molecule has 1 saturated heterocycles. The third-order valence-corrected chi connectivity index (χ3v) is 6.62. The number of para-hydroxylation sites is 2. The Morgan fingerprint density at radius 1 is 0.882 bits per heavy atom. The zero-order valence-electron chi connectivity index (χ0n) is 18.8. The Kier molecular flexibility index (Phi) is 6.37. The Morgan fingerprint density at radius 3 is 2.15 bits per heavy atom. The lowest BCUT2D eigenvalue weighted by atomic mass is 10.1. The summed E-state index contributed by atoms with van der Waals surface area (Å²) in [5, 5.41) is 3.73. The molecule has 3 aromatic rings. The van der Waals surface area contributed by atoms with Crippen LogP contribution in [0.1, 0.15) is 36.0 Å². The highest BCUT2D eigenvalue weighted by Gasteiger charge is 2.31. The number of carbonyl (C=O) groups excluding carboxylic acids is 2. The van der Waals surface area contributed by atoms with Gasteiger partial charge in [-0.1, -0.05) is 72.3 Å². The van der Waals surface area contributed by atoms with Gasteiger partial charge in [0.05, 0.1) is 11.4 Å². The van der Waals surface area contributed by atoms with Crippen LogP contribution in [-0.4, -0.2) is 29.4 Å². The average Bonchev–Trinajstić information content (AvgIpc) is 3.13. The minimum absolute atomic E-state index is 0.0460. The first-order valence-corrected chi connectivity index (χ1v) is 12.0. The lowest BCUT2D eigenvalue weighted by Crippen LogP contribution is -2.50. The molecule has 2 aliphatic heterocycles. The van der Waals surface area contributed by atoms with Crippen molar-refractivity contribution in [2.75, 3.05) is 11.4 Å². The quantitative estimate of drug-likeness (QED) is 0.490. The van der Waals surface area contributed by atoms with E-state index in [4.69, 9.17) is 11.6 Å². The maximum atomic E-state index is 13.7. The lowest BCUT2D eigenvalue weighted by molar-refractivity contribution is -0.133. The maximum Gasteiger partial charge on any atom is 0.327 e. The Balaban J connectivity index is 1.40. The van der Waals surface area contributed by atoms with Crippen LogP contribution < -0.4 is 10.2 Å². The summed E-state index contributed by atoms with van der Waals surface area (Å²) in [4.78, 5) is 30.7. The van der Waals surface area contributed by atoms with Crippen LogP contribution in [0.25, 0.3) is 12.2 Å². The fraction of sp³-hybridized carbons (Fsp3) is 0.214. The number of nitrogens with one attached hydrogen (secondary N) is 1. The number of amides is 3. The van der Waals surface area contributed by atoms with E-state index in [0.29, 0.717) is 24.5 Å². The summed E-state index contributed by atoms with van der Waals surface area (Å²) in [6.45, 7) is 1.18. The number of hydrogen-bond acceptors (Lipinski definition) is 2. The van der Waals surface area contributed by atoms with Gasteiger partial charge in [0.2, 0.25) is 5.91 Å². The van der Waals surface area contributed by atoms with Crippen LogP contribution in [0.5, 0.6) is 0 Å². The second kappa shape index (κ2) is 9.74. The number of carbonyl (C=O) groups is 2. The summed E-state index contributed by atoms with van der Waals surface area (Å²) in [5.41, 5.74) is 4.50. The van der Waals surface area contributed by atoms with E-state index >= 15 is 0 Å². The number of benzene rings is 3. The Hall–Kier alpha value is -3.57. The van der Waals surface area contributed by atoms with E-state index in [2.05, 4.69) is 5.32 Å². The Bertz CT molecular complexity index is 1190. The van der Waals surface area contributed by atoms with Crippen molar-refractivity contribution >= 4 is 47.1 Å². The maximum absolute atomic E-state index is 13.7. The summed E-state index contributed by atoms with van der Waals surface area (Å²) in [5.74, 6) is -0.0460. The van der Waals surface area contributed by atoms with Gasteiger partial charge in [0.25, 0.3) is 0 Å². The van der Waals surface area contributed by atoms with Gasteiger partial charge in [0.15, 0.2) is 0 Å². The standard InChI is InChI=1S/C28H26ClN3O2/c29-23-16-12-20(13-17-23)19-31-18-6-5-9-24(27(31)33)30-28(34)32-25-10-3-1-7-21(25)14-15-22-8-2-4-11-26(22)32/h1-4,7-8,10-17,24H,5-6,9,18-19H2,(H,30,34). The number of urea groups is 1. The van der Waals surface area contributed by atoms with Gasteiger partial charge in [0.1, 0.15) is 6.04 Å². The second-order valence-electron chi connectivity index (χ2n) is 8.67. The molecule has 1 atom stereocenters. The highest BCUT2D eigenvalue weighted by atomic mass is 35.5. The average molecular weight is 472 g/mol. The SMILES string of the molecule is O=C1C(NC(=O)N2c3ccccc3C=Cc3ccccc32)CCCCN1Cc1ccc(Cl)cc1. The molecule has 3 aromatic carbocycles. The van der Waals surface area contributed by atoms with E-state index in [9.17, 15) is 9.59 Å². The van der Waals surface area contributed by atoms with E-state index in [-0.39, 0.29) is 11.9 Å². The Labute approximate surface area is 204 Å². The van der Waals surface area contributed by atoms with E-state index < -0.39 is 6.04 Å². The van der Waals surface area contributed by atoms with Gasteiger partial charge in [-0.15, -0.1) is 0 Å². The van der Waals surface area contributed by atoms with E-state index in [1.807, 2.05) is 89.8 Å². The van der Waals surface area contributed by atoms with Gasteiger partial charge in [-0.25, -0.2) is 4.79 Å². The summed E-state index contributed by atoms with van der Waals surface area (Å²) >= 11 is 6.01. The van der Waals surface area contributed by atoms with Crippen molar-refractivity contribution in [2.45, 2.75) is 31.8 Å². The molecule has 34 heavy (non-hydrogen) atoms. The summed E-state index contributed by atoms with van der Waals surface area (Å²) in [7, 11) is 0. The molecule has 1 fully saturated rings. The molecule has 3 amide bonds. The van der Waals surface area contributed by atoms with Crippen LogP contribution in [0.3, 0.4) is 0 Å². The topological polar surface area (TPSA) is 52.7 Å². The number of likely N-dealkylation sites (tertiary alicyclic amines) is 1. The van der Waals surface area contributed by atoms with Gasteiger partial charge in [-0.05, 0) is 60.2 Å². The van der Waals surface area contributed by atoms with Gasteiger partial charge in [0, 0.05) is 18.1 Å². The molecular weight excluding hydrogens is 446 g/mol. The number of nitrogens with zero attached hydrogens (tertiary/aromatic N) is 2. The van der Waals surface area contributed by atoms with Crippen molar-refractivity contribution < 1.29 is 9.59 Å². The fourth-order valence-corrected chi connectivity index (χ4v) is 4.74. The van der Waals surface area contributed by atoms with Crippen LogP contribution in [0.2, 0.25) is 5.02 Å². The first kappa shape index (κ1) is 22.2. The first-order chi connectivity index (χ1) is 16.6. The summed E-state index contributed by atoms with van der Waals surface area (Å²) in [6, 6.07) is 22.3. The normalized spacial score (nSPS) is 17.4. The second-order valence-corrected chi connectivity index (χ2v) is 9.11. The number of hydrogen-bond donors (Lipinski definition) is 1. The number of halogens is 1. The molecule has 0 spiro atoms. The third-order valence-electron chi connectivity index (χ3n) is 6.37. The minimum atomic E-state index is -0.571. The molecule has 2 aliphatic rings. The molecular formula is C28H26ClN3O2. The molecule has 0 saturated carbocycles. The van der Waals surface area contributed by atoms with Crippen molar-refractivity contribution in [1.82, 2.24) is 10.2 Å². The van der Waals surface area contributed by atoms with Crippen molar-refractivity contribution in [2.24, 2.45) is 0 Å². The zero-order valence-corrected chi connectivity index (χ0v) is 19.5. The van der Waals surface area contributed by atoms with Gasteiger partial charge in [-0.3, -0.25) is 9.69 Å². The van der Waals surface area contributed by atoms with E-state index in [1.54, 1.807) is 4.90 Å². The highest BCUT2D eigenvalue weighted by molar-refractivity contribution is 6.30. The predicted molar refractivity (Wildman–Crippen MR) is 137 cm³/mol. The molecule has 0 bridgehead atoms. The van der Waals surface area contributed by atoms with E-state index in [1.165, 1.54) is 0 Å². The molecule has 0 aliphatic carbocycles. The molecule has 1 N–H and O–H groups in total. The third kappa shape index (κ3) is 4.57. The first-order valence-electron chi connectivity index (χ1n) is 11.6. The van der Waals surface area contributed by atoms with E-state index in [0.717, 1.165) is 40.9 Å². The molecule has 2 heterocycles. The number of rotatable bonds is 3. The molecule has 0 aromatic heterocycles. The monoisotopic (exact) mass is 471 g/mol. The Morgan fingerprint density at radius 2 is 1.50 bits per heavy atom. The van der Waals surface area contributed by atoms with Crippen molar-refractivity contribution in [3.05, 3.63) is 94.5 Å². The van der Waals surface area contributed by atoms with Crippen molar-refractivity contribution in [3.63, 3.8) is 0 Å². The summed E-state index contributed by atoms with van der Waals surface area (Å²) in [6.07, 6.45) is 6.45. The van der Waals surface area contributed by atoms with Gasteiger partial charge >= 0.3 is 6.03 Å².